The molecule has 0 unspecified atom stereocenters. The Labute approximate surface area is 152 Å². The van der Waals surface area contributed by atoms with Gasteiger partial charge in [0.05, 0.1) is 23.2 Å². The van der Waals surface area contributed by atoms with Crippen molar-refractivity contribution in [1.29, 1.82) is 0 Å². The number of aryl methyl sites for hydroxylation is 2. The van der Waals surface area contributed by atoms with Gasteiger partial charge in [-0.05, 0) is 38.0 Å². The summed E-state index contributed by atoms with van der Waals surface area (Å²) >= 11 is 0. The standard InChI is InChI=1S/C20H23N3O3/c1-12(2)17-11-16(18-14(4)23-26-20(18)22-17)19(24)21-9-10-25-15-7-5-13(3)6-8-15/h5-8,11-12H,9-10H2,1-4H3,(H,21,24). The quantitative estimate of drug-likeness (QED) is 0.683. The number of nitrogens with one attached hydrogen (secondary N) is 1. The van der Waals surface area contributed by atoms with Crippen molar-refractivity contribution in [2.45, 2.75) is 33.6 Å². The van der Waals surface area contributed by atoms with E-state index in [1.165, 1.54) is 5.56 Å². The van der Waals surface area contributed by atoms with Crippen LogP contribution in [-0.4, -0.2) is 29.2 Å². The van der Waals surface area contributed by atoms with Gasteiger partial charge in [-0.25, -0.2) is 4.98 Å². The van der Waals surface area contributed by atoms with Crippen LogP contribution in [0.1, 0.15) is 47.1 Å². The van der Waals surface area contributed by atoms with Crippen LogP contribution in [0, 0.1) is 13.8 Å². The maximum atomic E-state index is 12.7. The van der Waals surface area contributed by atoms with E-state index in [9.17, 15) is 4.79 Å². The first-order valence-electron chi connectivity index (χ1n) is 8.70. The van der Waals surface area contributed by atoms with E-state index < -0.39 is 0 Å². The van der Waals surface area contributed by atoms with E-state index in [-0.39, 0.29) is 11.8 Å². The molecule has 0 radical (unpaired) electrons. The van der Waals surface area contributed by atoms with E-state index in [1.54, 1.807) is 6.92 Å². The van der Waals surface area contributed by atoms with Crippen molar-refractivity contribution >= 4 is 17.0 Å². The molecule has 0 saturated carbocycles. The van der Waals surface area contributed by atoms with E-state index in [4.69, 9.17) is 9.26 Å². The molecule has 1 amide bonds. The van der Waals surface area contributed by atoms with Crippen molar-refractivity contribution in [1.82, 2.24) is 15.5 Å². The number of amides is 1. The molecule has 1 N–H and O–H groups in total. The van der Waals surface area contributed by atoms with Crippen molar-refractivity contribution < 1.29 is 14.1 Å². The molecule has 0 aliphatic carbocycles. The second-order valence-corrected chi connectivity index (χ2v) is 6.61. The van der Waals surface area contributed by atoms with E-state index in [1.807, 2.05) is 51.1 Å². The molecule has 0 fully saturated rings. The minimum Gasteiger partial charge on any atom is -0.492 e. The molecule has 3 rings (SSSR count). The molecule has 3 aromatic rings. The maximum Gasteiger partial charge on any atom is 0.259 e. The van der Waals surface area contributed by atoms with Gasteiger partial charge in [-0.1, -0.05) is 36.7 Å². The average molecular weight is 353 g/mol. The fraction of sp³-hybridized carbons (Fsp3) is 0.350. The Morgan fingerprint density at radius 2 is 1.96 bits per heavy atom. The summed E-state index contributed by atoms with van der Waals surface area (Å²) in [5, 5.41) is 7.49. The molecule has 1 aromatic carbocycles. The van der Waals surface area contributed by atoms with E-state index in [0.717, 1.165) is 11.4 Å². The normalized spacial score (nSPS) is 11.1. The molecule has 6 nitrogen and oxygen atoms in total. The fourth-order valence-electron chi connectivity index (χ4n) is 2.65. The van der Waals surface area contributed by atoms with Crippen LogP contribution in [0.25, 0.3) is 11.1 Å². The average Bonchev–Trinajstić information content (AvgIpc) is 3.00. The molecular formula is C20H23N3O3. The summed E-state index contributed by atoms with van der Waals surface area (Å²) in [4.78, 5) is 17.1. The van der Waals surface area contributed by atoms with Crippen molar-refractivity contribution in [3.8, 4) is 5.75 Å². The molecule has 0 aliphatic rings. The Bertz CT molecular complexity index is 914. The Balaban J connectivity index is 1.69. The Morgan fingerprint density at radius 3 is 2.65 bits per heavy atom. The molecule has 136 valence electrons. The summed E-state index contributed by atoms with van der Waals surface area (Å²) in [6.45, 7) is 8.67. The first-order valence-corrected chi connectivity index (χ1v) is 8.70. The molecule has 0 atom stereocenters. The maximum absolute atomic E-state index is 12.7. The molecule has 6 heteroatoms. The smallest absolute Gasteiger partial charge is 0.259 e. The first kappa shape index (κ1) is 17.9. The zero-order chi connectivity index (χ0) is 18.7. The van der Waals surface area contributed by atoms with Crippen molar-refractivity contribution in [3.05, 3.63) is 52.8 Å². The Morgan fingerprint density at radius 1 is 1.23 bits per heavy atom. The minimum absolute atomic E-state index is 0.182. The van der Waals surface area contributed by atoms with Gasteiger partial charge in [-0.2, -0.15) is 0 Å². The number of nitrogens with zero attached hydrogens (tertiary/aromatic N) is 2. The topological polar surface area (TPSA) is 77.2 Å². The van der Waals surface area contributed by atoms with Crippen molar-refractivity contribution in [3.63, 3.8) is 0 Å². The highest BCUT2D eigenvalue weighted by Crippen LogP contribution is 2.25. The second-order valence-electron chi connectivity index (χ2n) is 6.61. The van der Waals surface area contributed by atoms with Crippen LogP contribution in [0.4, 0.5) is 0 Å². The third kappa shape index (κ3) is 3.85. The summed E-state index contributed by atoms with van der Waals surface area (Å²) in [6.07, 6.45) is 0. The number of carbonyl (C=O) groups excluding carboxylic acids is 1. The summed E-state index contributed by atoms with van der Waals surface area (Å²) in [6, 6.07) is 9.62. The lowest BCUT2D eigenvalue weighted by Gasteiger charge is -2.10. The number of benzene rings is 1. The lowest BCUT2D eigenvalue weighted by Crippen LogP contribution is -2.28. The van der Waals surface area contributed by atoms with Gasteiger partial charge in [-0.3, -0.25) is 4.79 Å². The second kappa shape index (κ2) is 7.56. The van der Waals surface area contributed by atoms with Crippen LogP contribution in [0.15, 0.2) is 34.9 Å². The largest absolute Gasteiger partial charge is 0.492 e. The molecule has 0 saturated heterocycles. The number of fused-ring (bicyclic) bond motifs is 1. The van der Waals surface area contributed by atoms with E-state index >= 15 is 0 Å². The summed E-state index contributed by atoms with van der Waals surface area (Å²) in [5.41, 5.74) is 3.57. The predicted molar refractivity (Wildman–Crippen MR) is 99.6 cm³/mol. The lowest BCUT2D eigenvalue weighted by atomic mass is 10.0. The van der Waals surface area contributed by atoms with Gasteiger partial charge in [0.1, 0.15) is 12.4 Å². The highest BCUT2D eigenvalue weighted by molar-refractivity contribution is 6.06. The number of aromatic nitrogens is 2. The van der Waals surface area contributed by atoms with Gasteiger partial charge in [-0.15, -0.1) is 0 Å². The van der Waals surface area contributed by atoms with Crippen LogP contribution in [0.3, 0.4) is 0 Å². The van der Waals surface area contributed by atoms with Gasteiger partial charge in [0, 0.05) is 5.69 Å². The zero-order valence-corrected chi connectivity index (χ0v) is 15.5. The fourth-order valence-corrected chi connectivity index (χ4v) is 2.65. The molecule has 26 heavy (non-hydrogen) atoms. The monoisotopic (exact) mass is 353 g/mol. The Kier molecular flexibility index (Phi) is 5.21. The lowest BCUT2D eigenvalue weighted by molar-refractivity contribution is 0.0948. The van der Waals surface area contributed by atoms with Gasteiger partial charge >= 0.3 is 0 Å². The highest BCUT2D eigenvalue weighted by atomic mass is 16.5. The van der Waals surface area contributed by atoms with Crippen LogP contribution in [0.2, 0.25) is 0 Å². The molecular weight excluding hydrogens is 330 g/mol. The minimum atomic E-state index is -0.182. The van der Waals surface area contributed by atoms with Crippen molar-refractivity contribution in [2.24, 2.45) is 0 Å². The van der Waals surface area contributed by atoms with Gasteiger partial charge in [0.25, 0.3) is 11.6 Å². The number of pyridine rings is 1. The SMILES string of the molecule is Cc1ccc(OCCNC(=O)c2cc(C(C)C)nc3onc(C)c23)cc1. The number of hydrogen-bond donors (Lipinski definition) is 1. The van der Waals surface area contributed by atoms with Gasteiger partial charge in [0.15, 0.2) is 0 Å². The van der Waals surface area contributed by atoms with E-state index in [0.29, 0.717) is 35.5 Å². The highest BCUT2D eigenvalue weighted by Gasteiger charge is 2.19. The Hall–Kier alpha value is -2.89. The van der Waals surface area contributed by atoms with Crippen molar-refractivity contribution in [2.75, 3.05) is 13.2 Å². The molecule has 0 spiro atoms. The third-order valence-corrected chi connectivity index (χ3v) is 4.15. The zero-order valence-electron chi connectivity index (χ0n) is 15.5. The van der Waals surface area contributed by atoms with Crippen LogP contribution in [0.5, 0.6) is 5.75 Å². The summed E-state index contributed by atoms with van der Waals surface area (Å²) in [7, 11) is 0. The summed E-state index contributed by atoms with van der Waals surface area (Å²) < 4.78 is 10.9. The van der Waals surface area contributed by atoms with E-state index in [2.05, 4.69) is 15.5 Å². The van der Waals surface area contributed by atoms with Crippen LogP contribution >= 0.6 is 0 Å². The molecule has 0 bridgehead atoms. The van der Waals surface area contributed by atoms with Gasteiger partial charge in [0.2, 0.25) is 0 Å². The predicted octanol–water partition coefficient (Wildman–Crippen LogP) is 3.77. The van der Waals surface area contributed by atoms with Crippen LogP contribution in [-0.2, 0) is 0 Å². The molecule has 0 aliphatic heterocycles. The number of carbonyl (C=O) groups is 1. The number of hydrogen-bond acceptors (Lipinski definition) is 5. The molecule has 2 aromatic heterocycles. The van der Waals surface area contributed by atoms with Crippen LogP contribution < -0.4 is 10.1 Å². The third-order valence-electron chi connectivity index (χ3n) is 4.15. The number of ether oxygens (including phenoxy) is 1. The summed E-state index contributed by atoms with van der Waals surface area (Å²) in [5.74, 6) is 0.785. The van der Waals surface area contributed by atoms with Gasteiger partial charge < -0.3 is 14.6 Å². The molecule has 2 heterocycles. The first-order chi connectivity index (χ1) is 12.5. The number of rotatable bonds is 6.